The summed E-state index contributed by atoms with van der Waals surface area (Å²) < 4.78 is 25.4. The number of nitrogens with zero attached hydrogens (tertiary/aromatic N) is 3. The van der Waals surface area contributed by atoms with Gasteiger partial charge in [-0.1, -0.05) is 48.0 Å². The molecule has 2 N–H and O–H groups in total. The first-order valence-corrected chi connectivity index (χ1v) is 15.4. The van der Waals surface area contributed by atoms with Crippen molar-refractivity contribution in [1.82, 2.24) is 14.9 Å². The summed E-state index contributed by atoms with van der Waals surface area (Å²) in [5.74, 6) is 0.353. The fourth-order valence-corrected chi connectivity index (χ4v) is 5.39. The van der Waals surface area contributed by atoms with Crippen molar-refractivity contribution >= 4 is 51.6 Å². The molecule has 11 heteroatoms. The summed E-state index contributed by atoms with van der Waals surface area (Å²) in [5, 5.41) is 6.71. The number of likely N-dealkylation sites (tertiary alicyclic amines) is 1. The fourth-order valence-electron chi connectivity index (χ4n) is 5.21. The molecule has 45 heavy (non-hydrogen) atoms. The fraction of sp³-hybridized carbons (Fsp3) is 0.294. The second-order valence-corrected chi connectivity index (χ2v) is 11.6. The molecule has 4 aromatic rings. The summed E-state index contributed by atoms with van der Waals surface area (Å²) in [5.41, 5.74) is 2.57. The number of nitrogens with one attached hydrogen (secondary N) is 2. The second kappa shape index (κ2) is 14.0. The Labute approximate surface area is 265 Å². The van der Waals surface area contributed by atoms with E-state index in [1.807, 2.05) is 35.2 Å². The number of amides is 1. The van der Waals surface area contributed by atoms with E-state index in [0.717, 1.165) is 37.8 Å². The van der Waals surface area contributed by atoms with Crippen LogP contribution in [0.25, 0.3) is 10.9 Å². The number of halogens is 2. The highest BCUT2D eigenvalue weighted by atomic mass is 35.5. The third-order valence-electron chi connectivity index (χ3n) is 7.82. The molecular formula is C34H33ClFN5O4. The van der Waals surface area contributed by atoms with Crippen molar-refractivity contribution in [3.63, 3.8) is 0 Å². The number of aromatic nitrogens is 2. The smallest absolute Gasteiger partial charge is 0.323 e. The first-order chi connectivity index (χ1) is 21.9. The highest BCUT2D eigenvalue weighted by Crippen LogP contribution is 2.36. The Hall–Kier alpha value is -4.54. The lowest BCUT2D eigenvalue weighted by atomic mass is 10.1. The van der Waals surface area contributed by atoms with E-state index < -0.39 is 5.82 Å². The van der Waals surface area contributed by atoms with Gasteiger partial charge in [-0.3, -0.25) is 14.5 Å². The number of rotatable bonds is 12. The standard InChI is InChI=1S/C34H33ClFN5O4/c35-26-16-24(12-13-27(26)36)39-33-25-17-29(31(44-19-23-10-11-23)18-28(25)37-21-38-33)40-32(42)9-5-15-41-14-4-8-30(41)34(43)45-20-22-6-2-1-3-7-22/h1-3,5-7,9,12-13,16-18,21,23,30H,4,8,10-11,14-15,19-20H2,(H,40,42)(H,37,38,39)/t30-/m0/s1. The SMILES string of the molecule is O=C(C=CCN1CCC[C@H]1C(=O)OCc1ccccc1)Nc1cc2c(Nc3ccc(F)c(Cl)c3)ncnc2cc1OCC1CC1. The number of anilines is 3. The summed E-state index contributed by atoms with van der Waals surface area (Å²) in [7, 11) is 0. The van der Waals surface area contributed by atoms with Crippen LogP contribution in [-0.4, -0.2) is 52.5 Å². The monoisotopic (exact) mass is 629 g/mol. The quantitative estimate of drug-likeness (QED) is 0.132. The van der Waals surface area contributed by atoms with Gasteiger partial charge in [-0.05, 0) is 68.0 Å². The minimum absolute atomic E-state index is 0.0156. The van der Waals surface area contributed by atoms with E-state index in [2.05, 4.69) is 20.6 Å². The van der Waals surface area contributed by atoms with Crippen LogP contribution < -0.4 is 15.4 Å². The third-order valence-corrected chi connectivity index (χ3v) is 8.11. The first kappa shape index (κ1) is 30.5. The number of hydrogen-bond donors (Lipinski definition) is 2. The molecule has 2 aliphatic rings. The van der Waals surface area contributed by atoms with Crippen molar-refractivity contribution in [1.29, 1.82) is 0 Å². The van der Waals surface area contributed by atoms with Gasteiger partial charge in [-0.25, -0.2) is 14.4 Å². The van der Waals surface area contributed by atoms with E-state index in [0.29, 0.717) is 52.9 Å². The molecule has 6 rings (SSSR count). The highest BCUT2D eigenvalue weighted by Gasteiger charge is 2.31. The third kappa shape index (κ3) is 7.95. The van der Waals surface area contributed by atoms with Crippen LogP contribution in [0.3, 0.4) is 0 Å². The molecule has 0 spiro atoms. The van der Waals surface area contributed by atoms with Crippen LogP contribution in [0.5, 0.6) is 5.75 Å². The molecule has 1 saturated carbocycles. The molecule has 1 aromatic heterocycles. The van der Waals surface area contributed by atoms with Gasteiger partial charge in [-0.15, -0.1) is 0 Å². The average molecular weight is 630 g/mol. The van der Waals surface area contributed by atoms with E-state index in [1.165, 1.54) is 24.5 Å². The Kier molecular flexibility index (Phi) is 9.52. The van der Waals surface area contributed by atoms with Crippen LogP contribution in [0, 0.1) is 11.7 Å². The number of esters is 1. The van der Waals surface area contributed by atoms with Gasteiger partial charge in [0.25, 0.3) is 0 Å². The minimum atomic E-state index is -0.520. The summed E-state index contributed by atoms with van der Waals surface area (Å²) in [6, 6.07) is 17.1. The molecule has 0 bridgehead atoms. The van der Waals surface area contributed by atoms with Gasteiger partial charge in [0.1, 0.15) is 36.4 Å². The lowest BCUT2D eigenvalue weighted by Crippen LogP contribution is -2.37. The van der Waals surface area contributed by atoms with Crippen LogP contribution in [-0.2, 0) is 20.9 Å². The van der Waals surface area contributed by atoms with Gasteiger partial charge < -0.3 is 20.1 Å². The zero-order valence-corrected chi connectivity index (χ0v) is 25.3. The Balaban J connectivity index is 1.14. The van der Waals surface area contributed by atoms with Crippen molar-refractivity contribution in [2.24, 2.45) is 5.92 Å². The van der Waals surface area contributed by atoms with Crippen molar-refractivity contribution in [2.45, 2.75) is 38.3 Å². The maximum absolute atomic E-state index is 13.7. The normalized spacial score (nSPS) is 16.6. The van der Waals surface area contributed by atoms with Crippen molar-refractivity contribution in [3.8, 4) is 5.75 Å². The minimum Gasteiger partial charge on any atom is -0.491 e. The molecule has 1 saturated heterocycles. The van der Waals surface area contributed by atoms with E-state index in [-0.39, 0.29) is 29.5 Å². The Morgan fingerprint density at radius 3 is 2.71 bits per heavy atom. The van der Waals surface area contributed by atoms with Crippen LogP contribution in [0.1, 0.15) is 31.2 Å². The van der Waals surface area contributed by atoms with E-state index in [4.69, 9.17) is 21.1 Å². The van der Waals surface area contributed by atoms with Gasteiger partial charge >= 0.3 is 5.97 Å². The van der Waals surface area contributed by atoms with Gasteiger partial charge in [0.05, 0.1) is 22.8 Å². The maximum atomic E-state index is 13.7. The zero-order chi connectivity index (χ0) is 31.2. The molecule has 1 aliphatic carbocycles. The number of fused-ring (bicyclic) bond motifs is 1. The predicted octanol–water partition coefficient (Wildman–Crippen LogP) is 6.66. The molecule has 3 aromatic carbocycles. The lowest BCUT2D eigenvalue weighted by molar-refractivity contribution is -0.150. The summed E-state index contributed by atoms with van der Waals surface area (Å²) in [4.78, 5) is 36.6. The highest BCUT2D eigenvalue weighted by molar-refractivity contribution is 6.31. The Morgan fingerprint density at radius 1 is 1.07 bits per heavy atom. The molecule has 232 valence electrons. The molecule has 2 heterocycles. The van der Waals surface area contributed by atoms with Crippen LogP contribution in [0.4, 0.5) is 21.6 Å². The lowest BCUT2D eigenvalue weighted by Gasteiger charge is -2.21. The van der Waals surface area contributed by atoms with Gasteiger partial charge in [0.2, 0.25) is 5.91 Å². The molecule has 9 nitrogen and oxygen atoms in total. The summed E-state index contributed by atoms with van der Waals surface area (Å²) in [6.45, 7) is 1.96. The molecule has 1 atom stereocenters. The molecule has 2 fully saturated rings. The van der Waals surface area contributed by atoms with Crippen LogP contribution in [0.2, 0.25) is 5.02 Å². The van der Waals surface area contributed by atoms with Crippen molar-refractivity contribution in [2.75, 3.05) is 30.3 Å². The maximum Gasteiger partial charge on any atom is 0.323 e. The molecule has 0 radical (unpaired) electrons. The van der Waals surface area contributed by atoms with Crippen LogP contribution in [0.15, 0.2) is 79.1 Å². The largest absolute Gasteiger partial charge is 0.491 e. The predicted molar refractivity (Wildman–Crippen MR) is 171 cm³/mol. The summed E-state index contributed by atoms with van der Waals surface area (Å²) >= 11 is 5.97. The summed E-state index contributed by atoms with van der Waals surface area (Å²) in [6.07, 6.45) is 8.46. The van der Waals surface area contributed by atoms with E-state index >= 15 is 0 Å². The Morgan fingerprint density at radius 2 is 1.91 bits per heavy atom. The van der Waals surface area contributed by atoms with E-state index in [1.54, 1.807) is 24.3 Å². The van der Waals surface area contributed by atoms with Crippen LogP contribution >= 0.6 is 11.6 Å². The first-order valence-electron chi connectivity index (χ1n) is 15.0. The number of carbonyl (C=O) groups is 2. The average Bonchev–Trinajstić information content (AvgIpc) is 3.76. The molecule has 1 aliphatic heterocycles. The topological polar surface area (TPSA) is 106 Å². The zero-order valence-electron chi connectivity index (χ0n) is 24.5. The van der Waals surface area contributed by atoms with Gasteiger partial charge in [0.15, 0.2) is 0 Å². The Bertz CT molecular complexity index is 1720. The van der Waals surface area contributed by atoms with Gasteiger partial charge in [0, 0.05) is 29.8 Å². The molecular weight excluding hydrogens is 597 g/mol. The number of carbonyl (C=O) groups excluding carboxylic acids is 2. The number of hydrogen-bond acceptors (Lipinski definition) is 8. The molecule has 1 amide bonds. The number of ether oxygens (including phenoxy) is 2. The molecule has 0 unspecified atom stereocenters. The van der Waals surface area contributed by atoms with E-state index in [9.17, 15) is 14.0 Å². The van der Waals surface area contributed by atoms with Gasteiger partial charge in [-0.2, -0.15) is 0 Å². The van der Waals surface area contributed by atoms with Crippen molar-refractivity contribution < 1.29 is 23.5 Å². The number of benzene rings is 3. The second-order valence-electron chi connectivity index (χ2n) is 11.2. The van der Waals surface area contributed by atoms with Crippen molar-refractivity contribution in [3.05, 3.63) is 95.5 Å².